The first-order chi connectivity index (χ1) is 13.0. The van der Waals surface area contributed by atoms with Crippen molar-refractivity contribution in [2.75, 3.05) is 25.5 Å². The van der Waals surface area contributed by atoms with E-state index in [0.717, 1.165) is 37.8 Å². The summed E-state index contributed by atoms with van der Waals surface area (Å²) in [6, 6.07) is 0.0195. The molecule has 0 bridgehead atoms. The van der Waals surface area contributed by atoms with Crippen LogP contribution in [0.5, 0.6) is 0 Å². The third-order valence-corrected chi connectivity index (χ3v) is 8.13. The molecule has 154 valence electrons. The summed E-state index contributed by atoms with van der Waals surface area (Å²) in [5, 5.41) is 2.87. The third-order valence-electron chi connectivity index (χ3n) is 5.08. The molecule has 3 atom stereocenters. The Bertz CT molecular complexity index is 674. The predicted molar refractivity (Wildman–Crippen MR) is 102 cm³/mol. The van der Waals surface area contributed by atoms with Gasteiger partial charge in [-0.3, -0.25) is 23.1 Å². The molecule has 10 heteroatoms. The van der Waals surface area contributed by atoms with E-state index in [1.807, 2.05) is 11.9 Å². The standard InChI is InChI=1S/C17H29N2O6PS/c1-4-23-26(21,24-5-2)25-16-13-9-7-10-14(13)18-12-8-11-15(20)19(18)17(16)27(22)6-3/h14,17H,4-12H2,1-3H3/t14-,17?,27?/m0/s1. The third kappa shape index (κ3) is 4.03. The number of phosphoric acid groups is 1. The lowest BCUT2D eigenvalue weighted by atomic mass is 10.0. The van der Waals surface area contributed by atoms with Crippen LogP contribution in [-0.4, -0.2) is 57.1 Å². The Hall–Kier alpha value is -0.730. The molecule has 2 fully saturated rings. The maximum atomic E-state index is 13.1. The van der Waals surface area contributed by atoms with Crippen molar-refractivity contribution >= 4 is 24.5 Å². The topological polar surface area (TPSA) is 85.4 Å². The zero-order chi connectivity index (χ0) is 19.6. The molecule has 0 spiro atoms. The Kier molecular flexibility index (Phi) is 6.79. The van der Waals surface area contributed by atoms with Crippen molar-refractivity contribution in [1.82, 2.24) is 10.0 Å². The first-order valence-corrected chi connectivity index (χ1v) is 12.6. The van der Waals surface area contributed by atoms with Crippen molar-refractivity contribution in [3.05, 3.63) is 11.3 Å². The second-order valence-corrected chi connectivity index (χ2v) is 10.1. The molecule has 3 rings (SSSR count). The molecule has 27 heavy (non-hydrogen) atoms. The zero-order valence-electron chi connectivity index (χ0n) is 16.2. The summed E-state index contributed by atoms with van der Waals surface area (Å²) < 4.78 is 42.5. The van der Waals surface area contributed by atoms with E-state index in [2.05, 4.69) is 0 Å². The number of hydrogen-bond donors (Lipinski definition) is 0. The Labute approximate surface area is 163 Å². The molecule has 8 nitrogen and oxygen atoms in total. The molecular formula is C17H29N2O6PS. The minimum absolute atomic E-state index is 0.0195. The summed E-state index contributed by atoms with van der Waals surface area (Å²) in [6.45, 7) is 6.31. The van der Waals surface area contributed by atoms with E-state index >= 15 is 0 Å². The summed E-state index contributed by atoms with van der Waals surface area (Å²) >= 11 is 0. The van der Waals surface area contributed by atoms with Gasteiger partial charge < -0.3 is 4.52 Å². The van der Waals surface area contributed by atoms with E-state index in [-0.39, 0.29) is 25.2 Å². The number of fused-ring (bicyclic) bond motifs is 3. The summed E-state index contributed by atoms with van der Waals surface area (Å²) in [5.74, 6) is 0.651. The SMILES string of the molecule is CCOP(=O)(OCC)OC1=C2CCC[C@@H]2N2CCCC(=O)N2C1S(=O)CC. The van der Waals surface area contributed by atoms with Crippen molar-refractivity contribution in [1.29, 1.82) is 0 Å². The van der Waals surface area contributed by atoms with E-state index in [1.54, 1.807) is 18.9 Å². The Balaban J connectivity index is 2.07. The number of phosphoric ester groups is 1. The maximum absolute atomic E-state index is 13.1. The average Bonchev–Trinajstić information content (AvgIpc) is 3.12. The van der Waals surface area contributed by atoms with E-state index in [1.165, 1.54) is 0 Å². The monoisotopic (exact) mass is 420 g/mol. The summed E-state index contributed by atoms with van der Waals surface area (Å²) in [5.41, 5.74) is 0.979. The van der Waals surface area contributed by atoms with Crippen molar-refractivity contribution in [3.8, 4) is 0 Å². The summed E-state index contributed by atoms with van der Waals surface area (Å²) in [6.07, 6.45) is 3.82. The highest BCUT2D eigenvalue weighted by Crippen LogP contribution is 2.55. The van der Waals surface area contributed by atoms with Crippen LogP contribution in [0.4, 0.5) is 0 Å². The number of carbonyl (C=O) groups is 1. The lowest BCUT2D eigenvalue weighted by molar-refractivity contribution is -0.164. The molecule has 0 aromatic heterocycles. The van der Waals surface area contributed by atoms with Gasteiger partial charge in [0.1, 0.15) is 5.76 Å². The van der Waals surface area contributed by atoms with Gasteiger partial charge in [0.05, 0.1) is 30.1 Å². The molecule has 0 N–H and O–H groups in total. The number of amides is 1. The lowest BCUT2D eigenvalue weighted by Crippen LogP contribution is -2.63. The van der Waals surface area contributed by atoms with Crippen molar-refractivity contribution in [3.63, 3.8) is 0 Å². The molecule has 1 amide bonds. The van der Waals surface area contributed by atoms with Crippen molar-refractivity contribution in [2.45, 2.75) is 64.3 Å². The molecule has 0 radical (unpaired) electrons. The van der Waals surface area contributed by atoms with Gasteiger partial charge in [-0.15, -0.1) is 0 Å². The van der Waals surface area contributed by atoms with Crippen molar-refractivity contribution in [2.24, 2.45) is 0 Å². The van der Waals surface area contributed by atoms with E-state index in [9.17, 15) is 13.6 Å². The molecule has 2 aliphatic heterocycles. The van der Waals surface area contributed by atoms with Gasteiger partial charge in [0, 0.05) is 18.7 Å². The van der Waals surface area contributed by atoms with Crippen molar-refractivity contribution < 1.29 is 27.1 Å². The first kappa shape index (κ1) is 21.0. The average molecular weight is 420 g/mol. The Morgan fingerprint density at radius 1 is 1.15 bits per heavy atom. The number of rotatable bonds is 8. The highest BCUT2D eigenvalue weighted by Gasteiger charge is 2.51. The van der Waals surface area contributed by atoms with Crippen LogP contribution in [0.15, 0.2) is 11.3 Å². The van der Waals surface area contributed by atoms with Gasteiger partial charge in [-0.1, -0.05) is 6.92 Å². The highest BCUT2D eigenvalue weighted by molar-refractivity contribution is 7.85. The van der Waals surface area contributed by atoms with Crippen LogP contribution in [0.2, 0.25) is 0 Å². The molecule has 1 saturated heterocycles. The fraction of sp³-hybridized carbons (Fsp3) is 0.824. The van der Waals surface area contributed by atoms with E-state index in [0.29, 0.717) is 17.9 Å². The van der Waals surface area contributed by atoms with Crippen LogP contribution >= 0.6 is 7.82 Å². The molecular weight excluding hydrogens is 391 g/mol. The van der Waals surface area contributed by atoms with Gasteiger partial charge in [-0.05, 0) is 45.1 Å². The summed E-state index contributed by atoms with van der Waals surface area (Å²) in [7, 11) is -5.23. The van der Waals surface area contributed by atoms with Gasteiger partial charge in [0.2, 0.25) is 5.91 Å². The minimum Gasteiger partial charge on any atom is -0.405 e. The number of hydrogen-bond acceptors (Lipinski definition) is 7. The second kappa shape index (κ2) is 8.74. The van der Waals surface area contributed by atoms with Gasteiger partial charge in [-0.25, -0.2) is 9.57 Å². The Morgan fingerprint density at radius 2 is 1.85 bits per heavy atom. The number of carbonyl (C=O) groups excluding carboxylic acids is 1. The van der Waals surface area contributed by atoms with Crippen LogP contribution in [0.25, 0.3) is 0 Å². The molecule has 1 saturated carbocycles. The van der Waals surface area contributed by atoms with Gasteiger partial charge >= 0.3 is 7.82 Å². The fourth-order valence-corrected chi connectivity index (χ4v) is 6.62. The predicted octanol–water partition coefficient (Wildman–Crippen LogP) is 2.94. The van der Waals surface area contributed by atoms with Gasteiger partial charge in [-0.2, -0.15) is 0 Å². The van der Waals surface area contributed by atoms with Gasteiger partial charge in [0.25, 0.3) is 0 Å². The van der Waals surface area contributed by atoms with Crippen LogP contribution in [0, 0.1) is 0 Å². The second-order valence-electron chi connectivity index (χ2n) is 6.70. The van der Waals surface area contributed by atoms with Crippen LogP contribution in [0.3, 0.4) is 0 Å². The molecule has 0 aromatic carbocycles. The molecule has 2 unspecified atom stereocenters. The number of hydrazine groups is 1. The first-order valence-electron chi connectivity index (χ1n) is 9.73. The van der Waals surface area contributed by atoms with Crippen LogP contribution < -0.4 is 0 Å². The summed E-state index contributed by atoms with van der Waals surface area (Å²) in [4.78, 5) is 12.8. The van der Waals surface area contributed by atoms with Crippen LogP contribution in [-0.2, 0) is 33.7 Å². The highest BCUT2D eigenvalue weighted by atomic mass is 32.2. The maximum Gasteiger partial charge on any atom is 0.529 e. The van der Waals surface area contributed by atoms with Gasteiger partial charge in [0.15, 0.2) is 5.37 Å². The Morgan fingerprint density at radius 3 is 2.48 bits per heavy atom. The molecule has 0 aromatic rings. The molecule has 3 aliphatic rings. The fourth-order valence-electron chi connectivity index (χ4n) is 4.06. The normalized spacial score (nSPS) is 27.5. The smallest absolute Gasteiger partial charge is 0.405 e. The minimum atomic E-state index is -3.84. The molecule has 2 heterocycles. The van der Waals surface area contributed by atoms with E-state index in [4.69, 9.17) is 13.6 Å². The number of nitrogens with zero attached hydrogens (tertiary/aromatic N) is 2. The quantitative estimate of drug-likeness (QED) is 0.558. The lowest BCUT2D eigenvalue weighted by Gasteiger charge is -2.50. The molecule has 1 aliphatic carbocycles. The largest absolute Gasteiger partial charge is 0.529 e. The van der Waals surface area contributed by atoms with Crippen LogP contribution in [0.1, 0.15) is 52.9 Å². The van der Waals surface area contributed by atoms with E-state index < -0.39 is 24.0 Å². The zero-order valence-corrected chi connectivity index (χ0v) is 17.9.